The van der Waals surface area contributed by atoms with Crippen molar-refractivity contribution < 1.29 is 9.53 Å². The van der Waals surface area contributed by atoms with Crippen molar-refractivity contribution in [2.24, 2.45) is 0 Å². The highest BCUT2D eigenvalue weighted by molar-refractivity contribution is 7.80. The summed E-state index contributed by atoms with van der Waals surface area (Å²) in [5.74, 6) is 0. The van der Waals surface area contributed by atoms with Crippen LogP contribution in [0.1, 0.15) is 22.3 Å². The molecule has 0 radical (unpaired) electrons. The van der Waals surface area contributed by atoms with Gasteiger partial charge in [-0.15, -0.1) is 12.6 Å². The first-order valence-corrected chi connectivity index (χ1v) is 8.09. The van der Waals surface area contributed by atoms with Crippen LogP contribution in [0.15, 0.2) is 35.2 Å². The van der Waals surface area contributed by atoms with E-state index in [1.165, 1.54) is 22.2 Å². The lowest BCUT2D eigenvalue weighted by Gasteiger charge is -2.12. The summed E-state index contributed by atoms with van der Waals surface area (Å²) in [6.45, 7) is 4.43. The van der Waals surface area contributed by atoms with Crippen molar-refractivity contribution in [1.82, 2.24) is 0 Å². The molecule has 0 saturated carbocycles. The number of thiol groups is 1. The van der Waals surface area contributed by atoms with Crippen LogP contribution in [0.2, 0.25) is 0 Å². The minimum Gasteiger partial charge on any atom is -0.449 e. The Balaban J connectivity index is 1.92. The van der Waals surface area contributed by atoms with E-state index in [1.54, 1.807) is 18.2 Å². The van der Waals surface area contributed by atoms with E-state index in [1.807, 2.05) is 6.07 Å². The number of hydrogen-bond donors (Lipinski definition) is 2. The molecule has 0 unspecified atom stereocenters. The Morgan fingerprint density at radius 3 is 2.58 bits per heavy atom. The van der Waals surface area contributed by atoms with Crippen LogP contribution < -0.4 is 10.8 Å². The molecule has 0 fully saturated rings. The van der Waals surface area contributed by atoms with E-state index in [2.05, 4.69) is 51.8 Å². The minimum atomic E-state index is -0.534. The zero-order valence-electron chi connectivity index (χ0n) is 14.0. The van der Waals surface area contributed by atoms with Crippen LogP contribution in [-0.4, -0.2) is 20.5 Å². The van der Waals surface area contributed by atoms with Crippen LogP contribution in [0, 0.1) is 25.2 Å². The summed E-state index contributed by atoms with van der Waals surface area (Å²) in [5.41, 5.74) is 5.77. The average molecular weight is 338 g/mol. The molecule has 0 aliphatic rings. The van der Waals surface area contributed by atoms with Gasteiger partial charge in [0.25, 0.3) is 0 Å². The number of rotatable bonds is 4. The Hall–Kier alpha value is -2.39. The van der Waals surface area contributed by atoms with Gasteiger partial charge in [0.1, 0.15) is 13.9 Å². The van der Waals surface area contributed by atoms with Crippen LogP contribution in [0.5, 0.6) is 0 Å². The van der Waals surface area contributed by atoms with E-state index < -0.39 is 6.09 Å². The second-order valence-corrected chi connectivity index (χ2v) is 6.21. The van der Waals surface area contributed by atoms with Crippen molar-refractivity contribution in [3.05, 3.63) is 52.6 Å². The fraction of sp³-hybridized carbons (Fsp3) is 0.222. The first kappa shape index (κ1) is 18.0. The summed E-state index contributed by atoms with van der Waals surface area (Å²) in [7, 11) is 2.07. The number of ether oxygens (including phenoxy) is 1. The van der Waals surface area contributed by atoms with Crippen LogP contribution in [0.3, 0.4) is 0 Å². The molecule has 0 spiro atoms. The summed E-state index contributed by atoms with van der Waals surface area (Å²) >= 11 is 4.17. The number of benzene rings is 2. The van der Waals surface area contributed by atoms with Gasteiger partial charge in [-0.2, -0.15) is 5.26 Å². The lowest BCUT2D eigenvalue weighted by atomic mass is 9.88. The van der Waals surface area contributed by atoms with Crippen molar-refractivity contribution in [3.8, 4) is 6.07 Å². The highest BCUT2D eigenvalue weighted by Crippen LogP contribution is 2.18. The topological polar surface area (TPSA) is 62.1 Å². The van der Waals surface area contributed by atoms with Crippen molar-refractivity contribution in [2.75, 3.05) is 11.9 Å². The fourth-order valence-electron chi connectivity index (χ4n) is 2.71. The quantitative estimate of drug-likeness (QED) is 0.665. The van der Waals surface area contributed by atoms with Crippen molar-refractivity contribution in [3.63, 3.8) is 0 Å². The molecule has 0 atom stereocenters. The molecule has 24 heavy (non-hydrogen) atoms. The second kappa shape index (κ2) is 7.94. The van der Waals surface area contributed by atoms with E-state index in [0.717, 1.165) is 0 Å². The summed E-state index contributed by atoms with van der Waals surface area (Å²) in [4.78, 5) is 12.4. The van der Waals surface area contributed by atoms with E-state index in [0.29, 0.717) is 29.2 Å². The standard InChI is InChI=1S/C18H19BN2O2S/c1-11-7-14(19)8-12(2)16(11)5-6-23-18(22)21-15-3-4-17(24)13(9-15)10-20/h3-4,7-9,24H,5-6,19H2,1-2H3,(H,21,22). The zero-order valence-corrected chi connectivity index (χ0v) is 14.9. The fourth-order valence-corrected chi connectivity index (χ4v) is 2.90. The third-order valence-electron chi connectivity index (χ3n) is 3.79. The molecular weight excluding hydrogens is 319 g/mol. The number of carbonyl (C=O) groups is 1. The molecule has 2 aromatic rings. The molecule has 0 aliphatic heterocycles. The van der Waals surface area contributed by atoms with E-state index >= 15 is 0 Å². The first-order chi connectivity index (χ1) is 11.4. The van der Waals surface area contributed by atoms with Gasteiger partial charge in [-0.1, -0.05) is 17.6 Å². The molecule has 0 aliphatic carbocycles. The van der Waals surface area contributed by atoms with Crippen LogP contribution in [-0.2, 0) is 11.2 Å². The van der Waals surface area contributed by atoms with Crippen LogP contribution >= 0.6 is 12.6 Å². The number of hydrogen-bond acceptors (Lipinski definition) is 4. The molecule has 0 aromatic heterocycles. The number of carbonyl (C=O) groups excluding carboxylic acids is 1. The molecule has 0 saturated heterocycles. The molecule has 0 heterocycles. The molecule has 1 N–H and O–H groups in total. The third-order valence-corrected chi connectivity index (χ3v) is 4.18. The average Bonchev–Trinajstić information content (AvgIpc) is 2.51. The number of nitriles is 1. The summed E-state index contributed by atoms with van der Waals surface area (Å²) in [5, 5.41) is 11.6. The lowest BCUT2D eigenvalue weighted by molar-refractivity contribution is 0.163. The maximum absolute atomic E-state index is 11.9. The van der Waals surface area contributed by atoms with Gasteiger partial charge in [0.2, 0.25) is 0 Å². The largest absolute Gasteiger partial charge is 0.449 e. The maximum atomic E-state index is 11.9. The van der Waals surface area contributed by atoms with Gasteiger partial charge in [-0.25, -0.2) is 4.79 Å². The molecule has 2 rings (SSSR count). The van der Waals surface area contributed by atoms with Gasteiger partial charge < -0.3 is 4.74 Å². The molecule has 122 valence electrons. The minimum absolute atomic E-state index is 0.298. The number of anilines is 1. The summed E-state index contributed by atoms with van der Waals surface area (Å²) in [6.07, 6.45) is 0.137. The second-order valence-electron chi connectivity index (χ2n) is 5.73. The molecule has 2 aromatic carbocycles. The predicted molar refractivity (Wildman–Crippen MR) is 101 cm³/mol. The highest BCUT2D eigenvalue weighted by atomic mass is 32.1. The summed E-state index contributed by atoms with van der Waals surface area (Å²) < 4.78 is 5.24. The van der Waals surface area contributed by atoms with E-state index in [4.69, 9.17) is 10.00 Å². The van der Waals surface area contributed by atoms with E-state index in [9.17, 15) is 4.79 Å². The molecule has 0 bridgehead atoms. The number of aryl methyl sites for hydroxylation is 2. The summed E-state index contributed by atoms with van der Waals surface area (Å²) in [6, 6.07) is 11.2. The third kappa shape index (κ3) is 4.56. The van der Waals surface area contributed by atoms with Gasteiger partial charge in [0.15, 0.2) is 0 Å². The van der Waals surface area contributed by atoms with Crippen molar-refractivity contribution in [1.29, 1.82) is 5.26 Å². The Morgan fingerprint density at radius 1 is 1.29 bits per heavy atom. The molecular formula is C18H19BN2O2S. The number of nitrogens with one attached hydrogen (secondary N) is 1. The Morgan fingerprint density at radius 2 is 1.96 bits per heavy atom. The predicted octanol–water partition coefficient (Wildman–Crippen LogP) is 2.51. The van der Waals surface area contributed by atoms with Crippen molar-refractivity contribution in [2.45, 2.75) is 25.2 Å². The van der Waals surface area contributed by atoms with Gasteiger partial charge in [0, 0.05) is 17.0 Å². The number of nitrogens with zero attached hydrogens (tertiary/aromatic N) is 1. The van der Waals surface area contributed by atoms with Gasteiger partial charge in [0.05, 0.1) is 12.2 Å². The van der Waals surface area contributed by atoms with E-state index in [-0.39, 0.29) is 0 Å². The smallest absolute Gasteiger partial charge is 0.411 e. The SMILES string of the molecule is Bc1cc(C)c(CCOC(=O)Nc2ccc(S)c(C#N)c2)c(C)c1. The van der Waals surface area contributed by atoms with Gasteiger partial charge in [-0.05, 0) is 48.7 Å². The maximum Gasteiger partial charge on any atom is 0.411 e. The Kier molecular flexibility index (Phi) is 5.94. The molecule has 4 nitrogen and oxygen atoms in total. The monoisotopic (exact) mass is 338 g/mol. The van der Waals surface area contributed by atoms with Crippen LogP contribution in [0.4, 0.5) is 10.5 Å². The van der Waals surface area contributed by atoms with Crippen molar-refractivity contribution >= 4 is 37.7 Å². The molecule has 6 heteroatoms. The number of amides is 1. The lowest BCUT2D eigenvalue weighted by Crippen LogP contribution is -2.16. The van der Waals surface area contributed by atoms with Crippen LogP contribution in [0.25, 0.3) is 0 Å². The zero-order chi connectivity index (χ0) is 17.7. The highest BCUT2D eigenvalue weighted by Gasteiger charge is 2.08. The van der Waals surface area contributed by atoms with Gasteiger partial charge >= 0.3 is 6.09 Å². The normalized spacial score (nSPS) is 10.1. The van der Waals surface area contributed by atoms with Gasteiger partial charge in [-0.3, -0.25) is 5.32 Å². The Labute approximate surface area is 148 Å². The first-order valence-electron chi connectivity index (χ1n) is 7.64. The molecule has 1 amide bonds. The Bertz CT molecular complexity index is 792.